The van der Waals surface area contributed by atoms with Crippen LogP contribution in [0, 0.1) is 11.6 Å². The minimum atomic E-state index is -3.88. The maximum absolute atomic E-state index is 13.4. The van der Waals surface area contributed by atoms with E-state index in [2.05, 4.69) is 5.10 Å². The Bertz CT molecular complexity index is 1300. The predicted octanol–water partition coefficient (Wildman–Crippen LogP) is 1.31. The van der Waals surface area contributed by atoms with E-state index in [4.69, 9.17) is 4.42 Å². The predicted molar refractivity (Wildman–Crippen MR) is 108 cm³/mol. The topological polar surface area (TPSA) is 106 Å². The summed E-state index contributed by atoms with van der Waals surface area (Å²) in [5, 5.41) is 3.97. The van der Waals surface area contributed by atoms with Gasteiger partial charge in [-0.05, 0) is 42.5 Å². The number of halogens is 2. The molecule has 0 spiro atoms. The van der Waals surface area contributed by atoms with Gasteiger partial charge in [0.1, 0.15) is 18.2 Å². The molecule has 0 radical (unpaired) electrons. The molecule has 4 rings (SSSR count). The summed E-state index contributed by atoms with van der Waals surface area (Å²) >= 11 is 0. The van der Waals surface area contributed by atoms with Gasteiger partial charge < -0.3 is 9.32 Å². The molecule has 2 heterocycles. The minimum Gasteiger partial charge on any atom is -0.388 e. The van der Waals surface area contributed by atoms with Gasteiger partial charge in [-0.15, -0.1) is 5.10 Å². The van der Waals surface area contributed by atoms with Gasteiger partial charge in [0.05, 0.1) is 4.90 Å². The van der Waals surface area contributed by atoms with Crippen LogP contribution in [0.15, 0.2) is 62.6 Å². The van der Waals surface area contributed by atoms with Crippen LogP contribution in [0.25, 0.3) is 11.5 Å². The van der Waals surface area contributed by atoms with Crippen molar-refractivity contribution in [3.8, 4) is 11.5 Å². The Morgan fingerprint density at radius 2 is 1.69 bits per heavy atom. The number of aromatic nitrogens is 2. The summed E-state index contributed by atoms with van der Waals surface area (Å²) in [6, 6.07) is 9.90. The highest BCUT2D eigenvalue weighted by molar-refractivity contribution is 7.89. The fourth-order valence-electron chi connectivity index (χ4n) is 3.30. The molecule has 168 valence electrons. The molecule has 32 heavy (non-hydrogen) atoms. The lowest BCUT2D eigenvalue weighted by molar-refractivity contribution is -0.133. The van der Waals surface area contributed by atoms with Gasteiger partial charge >= 0.3 is 5.76 Å². The fraction of sp³-hybridized carbons (Fsp3) is 0.250. The van der Waals surface area contributed by atoms with Crippen LogP contribution in [-0.4, -0.2) is 59.5 Å². The highest BCUT2D eigenvalue weighted by atomic mass is 32.2. The molecule has 0 aliphatic carbocycles. The van der Waals surface area contributed by atoms with Crippen LogP contribution in [0.5, 0.6) is 0 Å². The molecule has 0 bridgehead atoms. The van der Waals surface area contributed by atoms with E-state index in [1.54, 1.807) is 0 Å². The van der Waals surface area contributed by atoms with E-state index in [-0.39, 0.29) is 43.5 Å². The first-order valence-corrected chi connectivity index (χ1v) is 11.1. The van der Waals surface area contributed by atoms with Crippen molar-refractivity contribution in [2.75, 3.05) is 26.2 Å². The molecule has 0 atom stereocenters. The van der Waals surface area contributed by atoms with Crippen molar-refractivity contribution in [1.29, 1.82) is 0 Å². The second kappa shape index (κ2) is 8.63. The first-order chi connectivity index (χ1) is 15.2. The Kier molecular flexibility index (Phi) is 5.89. The van der Waals surface area contributed by atoms with Crippen LogP contribution in [0.2, 0.25) is 0 Å². The van der Waals surface area contributed by atoms with Crippen LogP contribution in [-0.2, 0) is 21.4 Å². The molecule has 0 N–H and O–H groups in total. The second-order valence-electron chi connectivity index (χ2n) is 7.08. The molecule has 1 saturated heterocycles. The third kappa shape index (κ3) is 4.46. The molecule has 1 aliphatic heterocycles. The molecule has 1 aliphatic rings. The van der Waals surface area contributed by atoms with Crippen molar-refractivity contribution in [2.24, 2.45) is 0 Å². The van der Waals surface area contributed by atoms with Crippen molar-refractivity contribution in [2.45, 2.75) is 11.4 Å². The molecule has 3 aromatic rings. The van der Waals surface area contributed by atoms with Gasteiger partial charge in [0.2, 0.25) is 21.8 Å². The van der Waals surface area contributed by atoms with E-state index < -0.39 is 33.3 Å². The van der Waals surface area contributed by atoms with Crippen LogP contribution >= 0.6 is 0 Å². The molecule has 2 aromatic carbocycles. The lowest BCUT2D eigenvalue weighted by atomic mass is 10.2. The number of nitrogens with zero attached hydrogens (tertiary/aromatic N) is 4. The Morgan fingerprint density at radius 1 is 1.00 bits per heavy atom. The number of hydrogen-bond acceptors (Lipinski definition) is 6. The van der Waals surface area contributed by atoms with E-state index in [9.17, 15) is 26.8 Å². The first kappa shape index (κ1) is 21.8. The second-order valence-corrected chi connectivity index (χ2v) is 9.02. The molecule has 9 nitrogen and oxygen atoms in total. The molecule has 0 saturated carbocycles. The Morgan fingerprint density at radius 3 is 2.34 bits per heavy atom. The number of hydrogen-bond donors (Lipinski definition) is 0. The van der Waals surface area contributed by atoms with Crippen molar-refractivity contribution in [3.05, 3.63) is 70.7 Å². The van der Waals surface area contributed by atoms with Gasteiger partial charge in [-0.25, -0.2) is 22.0 Å². The van der Waals surface area contributed by atoms with E-state index in [1.807, 2.05) is 0 Å². The number of benzene rings is 2. The average molecular weight is 464 g/mol. The van der Waals surface area contributed by atoms with Gasteiger partial charge in [-0.3, -0.25) is 4.79 Å². The monoisotopic (exact) mass is 464 g/mol. The summed E-state index contributed by atoms with van der Waals surface area (Å²) in [6.07, 6.45) is 0. The van der Waals surface area contributed by atoms with E-state index in [1.165, 1.54) is 45.6 Å². The zero-order valence-corrected chi connectivity index (χ0v) is 17.5. The Balaban J connectivity index is 1.40. The highest BCUT2D eigenvalue weighted by Gasteiger charge is 2.30. The molecule has 1 amide bonds. The summed E-state index contributed by atoms with van der Waals surface area (Å²) in [5.41, 5.74) is 0.380. The van der Waals surface area contributed by atoms with Gasteiger partial charge in [0.25, 0.3) is 0 Å². The van der Waals surface area contributed by atoms with Crippen molar-refractivity contribution in [3.63, 3.8) is 0 Å². The standard InChI is InChI=1S/C20H18F2N4O5S/c21-15-6-4-14(5-7-15)19-23-26(20(28)31-19)13-18(27)24-8-10-25(11-9-24)32(29,30)17-3-1-2-16(22)12-17/h1-7,12H,8-11,13H2. The lowest BCUT2D eigenvalue weighted by Crippen LogP contribution is -2.51. The quantitative estimate of drug-likeness (QED) is 0.564. The zero-order chi connectivity index (χ0) is 22.9. The van der Waals surface area contributed by atoms with E-state index in [0.29, 0.717) is 5.56 Å². The Hall–Kier alpha value is -3.38. The zero-order valence-electron chi connectivity index (χ0n) is 16.6. The van der Waals surface area contributed by atoms with Crippen molar-refractivity contribution in [1.82, 2.24) is 19.0 Å². The maximum Gasteiger partial charge on any atom is 0.437 e. The van der Waals surface area contributed by atoms with Gasteiger partial charge in [0, 0.05) is 31.7 Å². The summed E-state index contributed by atoms with van der Waals surface area (Å²) < 4.78 is 58.9. The van der Waals surface area contributed by atoms with Crippen LogP contribution in [0.3, 0.4) is 0 Å². The summed E-state index contributed by atoms with van der Waals surface area (Å²) in [4.78, 5) is 25.9. The summed E-state index contributed by atoms with van der Waals surface area (Å²) in [7, 11) is -3.88. The largest absolute Gasteiger partial charge is 0.437 e. The molecular formula is C20H18F2N4O5S. The Labute approximate surface area is 181 Å². The van der Waals surface area contributed by atoms with Crippen LogP contribution in [0.4, 0.5) is 8.78 Å². The number of amides is 1. The third-order valence-electron chi connectivity index (χ3n) is 5.01. The smallest absolute Gasteiger partial charge is 0.388 e. The van der Waals surface area contributed by atoms with E-state index in [0.717, 1.165) is 16.8 Å². The van der Waals surface area contributed by atoms with Gasteiger partial charge in [-0.1, -0.05) is 6.07 Å². The SMILES string of the molecule is O=C(Cn1nc(-c2ccc(F)cc2)oc1=O)N1CCN(S(=O)(=O)c2cccc(F)c2)CC1. The van der Waals surface area contributed by atoms with Crippen LogP contribution in [0.1, 0.15) is 0 Å². The summed E-state index contributed by atoms with van der Waals surface area (Å²) in [6.45, 7) is -0.131. The number of rotatable bonds is 5. The van der Waals surface area contributed by atoms with E-state index >= 15 is 0 Å². The minimum absolute atomic E-state index is 0.0269. The van der Waals surface area contributed by atoms with Crippen molar-refractivity contribution >= 4 is 15.9 Å². The van der Waals surface area contributed by atoms with Gasteiger partial charge in [-0.2, -0.15) is 8.99 Å². The number of sulfonamides is 1. The number of piperazine rings is 1. The van der Waals surface area contributed by atoms with Crippen LogP contribution < -0.4 is 5.76 Å². The third-order valence-corrected chi connectivity index (χ3v) is 6.90. The lowest BCUT2D eigenvalue weighted by Gasteiger charge is -2.33. The highest BCUT2D eigenvalue weighted by Crippen LogP contribution is 2.19. The first-order valence-electron chi connectivity index (χ1n) is 9.61. The van der Waals surface area contributed by atoms with Gasteiger partial charge in [0.15, 0.2) is 0 Å². The number of carbonyl (C=O) groups is 1. The number of carbonyl (C=O) groups excluding carboxylic acids is 1. The normalized spacial score (nSPS) is 15.1. The molecule has 1 fully saturated rings. The molecule has 12 heteroatoms. The van der Waals surface area contributed by atoms with Crippen molar-refractivity contribution < 1.29 is 26.4 Å². The molecular weight excluding hydrogens is 446 g/mol. The average Bonchev–Trinajstić information content (AvgIpc) is 3.14. The molecule has 1 aromatic heterocycles. The maximum atomic E-state index is 13.4. The molecule has 0 unspecified atom stereocenters. The fourth-order valence-corrected chi connectivity index (χ4v) is 4.75. The summed E-state index contributed by atoms with van der Waals surface area (Å²) in [5.74, 6) is -2.44.